The molecule has 0 heterocycles. The van der Waals surface area contributed by atoms with Crippen LogP contribution in [0.1, 0.15) is 82.1 Å². The normalized spacial score (nSPS) is 15.9. The molecule has 0 radical (unpaired) electrons. The Morgan fingerprint density at radius 1 is 0.586 bits per heavy atom. The average molecular weight is 450 g/mol. The van der Waals surface area contributed by atoms with Gasteiger partial charge in [-0.1, -0.05) is 12.1 Å². The van der Waals surface area contributed by atoms with E-state index in [1.165, 1.54) is 12.1 Å². The minimum Gasteiger partial charge on any atom is -0.346 e. The quantitative estimate of drug-likeness (QED) is 0.290. The minimum atomic E-state index is -0.702. The van der Waals surface area contributed by atoms with Gasteiger partial charge in [-0.05, 0) is 82.1 Å². The Morgan fingerprint density at radius 3 is 1.00 bits per heavy atom. The zero-order valence-corrected chi connectivity index (χ0v) is 25.4. The van der Waals surface area contributed by atoms with Crippen LogP contribution in [0.4, 0.5) is 0 Å². The van der Waals surface area contributed by atoms with E-state index in [0.29, 0.717) is 0 Å². The topological polar surface area (TPSA) is 49.0 Å². The fourth-order valence-electron chi connectivity index (χ4n) is 4.07. The molecule has 2 atom stereocenters. The van der Waals surface area contributed by atoms with E-state index in [0.717, 1.165) is 33.3 Å². The van der Waals surface area contributed by atoms with E-state index in [2.05, 4.69) is 74.6 Å². The highest BCUT2D eigenvalue weighted by molar-refractivity contribution is 6.08. The summed E-state index contributed by atoms with van der Waals surface area (Å²) >= 11 is 0. The van der Waals surface area contributed by atoms with Crippen LogP contribution in [0.2, 0.25) is 12.1 Å². The van der Waals surface area contributed by atoms with Crippen molar-refractivity contribution < 1.29 is 18.9 Å². The summed E-state index contributed by atoms with van der Waals surface area (Å²) in [5.41, 5.74) is 0. The molecule has 5 nitrogen and oxygen atoms in total. The van der Waals surface area contributed by atoms with Gasteiger partial charge in [0.1, 0.15) is 0 Å². The third-order valence-electron chi connectivity index (χ3n) is 4.70. The molecule has 0 fully saturated rings. The zero-order valence-electron chi connectivity index (χ0n) is 21.4. The lowest BCUT2D eigenvalue weighted by Gasteiger charge is -2.46. The Kier molecular flexibility index (Phi) is 13.7. The van der Waals surface area contributed by atoms with Crippen molar-refractivity contribution in [3.05, 3.63) is 0 Å². The van der Waals surface area contributed by atoms with Crippen LogP contribution in [0.5, 0.6) is 0 Å². The molecule has 29 heavy (non-hydrogen) atoms. The molecule has 1 N–H and O–H groups in total. The Bertz CT molecular complexity index is 375. The molecule has 0 aliphatic carbocycles. The molecule has 0 spiro atoms. The molecule has 176 valence electrons. The van der Waals surface area contributed by atoms with Gasteiger partial charge in [-0.15, -0.1) is 0 Å². The van der Waals surface area contributed by atoms with Crippen LogP contribution in [0.25, 0.3) is 0 Å². The van der Waals surface area contributed by atoms with Crippen molar-refractivity contribution in [1.29, 1.82) is 0 Å². The first kappa shape index (κ1) is 29.2. The van der Waals surface area contributed by atoms with E-state index >= 15 is 0 Å². The lowest BCUT2D eigenvalue weighted by atomic mass is 9.98. The summed E-state index contributed by atoms with van der Waals surface area (Å²) in [7, 11) is 2.30. The lowest BCUT2D eigenvalue weighted by Crippen LogP contribution is -2.63. The molecule has 0 saturated carbocycles. The van der Waals surface area contributed by atoms with Crippen LogP contribution < -0.4 is 5.32 Å². The smallest absolute Gasteiger partial charge is 0.181 e. The Morgan fingerprint density at radius 2 is 0.828 bits per heavy atom. The SMILES string of the molecule is CC(C)OC(C)(OC(C)C)C(CC[SiH3])NC(CC[SiH3])C(C)(OC(C)C)OC(C)C. The van der Waals surface area contributed by atoms with Crippen LogP contribution in [-0.2, 0) is 18.9 Å². The molecular formula is C22H51NO4Si2. The summed E-state index contributed by atoms with van der Waals surface area (Å²) in [4.78, 5) is 0. The molecule has 0 aliphatic heterocycles. The molecular weight excluding hydrogens is 398 g/mol. The second-order valence-corrected chi connectivity index (χ2v) is 11.5. The second-order valence-electron chi connectivity index (χ2n) is 9.55. The van der Waals surface area contributed by atoms with Crippen molar-refractivity contribution in [3.63, 3.8) is 0 Å². The van der Waals surface area contributed by atoms with E-state index in [1.54, 1.807) is 0 Å². The first-order valence-electron chi connectivity index (χ1n) is 11.8. The predicted octanol–water partition coefficient (Wildman–Crippen LogP) is 2.79. The summed E-state index contributed by atoms with van der Waals surface area (Å²) in [5.74, 6) is -1.40. The molecule has 0 amide bonds. The van der Waals surface area contributed by atoms with Crippen LogP contribution >= 0.6 is 0 Å². The van der Waals surface area contributed by atoms with Crippen LogP contribution in [0.15, 0.2) is 0 Å². The first-order chi connectivity index (χ1) is 13.3. The molecule has 0 aliphatic rings. The van der Waals surface area contributed by atoms with Crippen molar-refractivity contribution in [1.82, 2.24) is 5.32 Å². The Hall–Kier alpha value is 0.234. The summed E-state index contributed by atoms with van der Waals surface area (Å²) in [6.45, 7) is 20.8. The Balaban J connectivity index is 5.96. The summed E-state index contributed by atoms with van der Waals surface area (Å²) in [6, 6.07) is 2.48. The largest absolute Gasteiger partial charge is 0.346 e. The fourth-order valence-corrected chi connectivity index (χ4v) is 5.22. The van der Waals surface area contributed by atoms with E-state index < -0.39 is 11.6 Å². The predicted molar refractivity (Wildman–Crippen MR) is 131 cm³/mol. The standard InChI is InChI=1S/C22H51NO4Si2/c1-15(2)24-21(9,25-16(3)4)19(11-13-28)23-20(12-14-29)22(10,26-17(5)6)27-18(7)8/h15-20,23H,11-14H2,1-10,28-29H3. The second kappa shape index (κ2) is 13.6. The number of hydrogen-bond acceptors (Lipinski definition) is 5. The first-order valence-corrected chi connectivity index (χ1v) is 14.6. The summed E-state index contributed by atoms with van der Waals surface area (Å²) in [5, 5.41) is 3.90. The maximum absolute atomic E-state index is 6.37. The molecule has 0 aromatic heterocycles. The van der Waals surface area contributed by atoms with Gasteiger partial charge in [-0.2, -0.15) is 0 Å². The van der Waals surface area contributed by atoms with E-state index in [-0.39, 0.29) is 36.5 Å². The van der Waals surface area contributed by atoms with Gasteiger partial charge in [-0.25, -0.2) is 0 Å². The number of rotatable bonds is 16. The van der Waals surface area contributed by atoms with Gasteiger partial charge in [0.05, 0.1) is 36.5 Å². The average Bonchev–Trinajstić information content (AvgIpc) is 2.50. The molecule has 0 aromatic carbocycles. The minimum absolute atomic E-state index is 0.0638. The van der Waals surface area contributed by atoms with Crippen molar-refractivity contribution in [3.8, 4) is 0 Å². The lowest BCUT2D eigenvalue weighted by molar-refractivity contribution is -0.292. The van der Waals surface area contributed by atoms with Gasteiger partial charge < -0.3 is 24.3 Å². The van der Waals surface area contributed by atoms with Gasteiger partial charge in [0.2, 0.25) is 0 Å². The monoisotopic (exact) mass is 449 g/mol. The molecule has 0 bridgehead atoms. The number of hydrogen-bond donors (Lipinski definition) is 1. The Labute approximate surface area is 187 Å². The van der Waals surface area contributed by atoms with Crippen molar-refractivity contribution in [2.75, 3.05) is 0 Å². The summed E-state index contributed by atoms with van der Waals surface area (Å²) in [6.07, 6.45) is 2.36. The molecule has 0 saturated heterocycles. The molecule has 2 unspecified atom stereocenters. The van der Waals surface area contributed by atoms with Gasteiger partial charge >= 0.3 is 0 Å². The van der Waals surface area contributed by atoms with Gasteiger partial charge in [0.25, 0.3) is 0 Å². The van der Waals surface area contributed by atoms with Crippen LogP contribution in [0, 0.1) is 0 Å². The molecule has 0 aromatic rings. The van der Waals surface area contributed by atoms with E-state index in [1.807, 2.05) is 0 Å². The van der Waals surface area contributed by atoms with E-state index in [9.17, 15) is 0 Å². The highest BCUT2D eigenvalue weighted by Gasteiger charge is 2.44. The maximum Gasteiger partial charge on any atom is 0.181 e. The van der Waals surface area contributed by atoms with Crippen LogP contribution in [0.3, 0.4) is 0 Å². The van der Waals surface area contributed by atoms with Crippen LogP contribution in [-0.4, -0.2) is 68.6 Å². The number of nitrogens with one attached hydrogen (secondary N) is 1. The van der Waals surface area contributed by atoms with Crippen molar-refractivity contribution >= 4 is 20.5 Å². The molecule has 0 rings (SSSR count). The highest BCUT2D eigenvalue weighted by Crippen LogP contribution is 2.30. The zero-order chi connectivity index (χ0) is 22.8. The third-order valence-corrected chi connectivity index (χ3v) is 5.86. The number of ether oxygens (including phenoxy) is 4. The fraction of sp³-hybridized carbons (Fsp3) is 1.00. The van der Waals surface area contributed by atoms with Crippen molar-refractivity contribution in [2.24, 2.45) is 0 Å². The van der Waals surface area contributed by atoms with Gasteiger partial charge in [0.15, 0.2) is 11.6 Å². The van der Waals surface area contributed by atoms with Gasteiger partial charge in [0, 0.05) is 20.5 Å². The maximum atomic E-state index is 6.37. The van der Waals surface area contributed by atoms with Gasteiger partial charge in [-0.3, -0.25) is 0 Å². The summed E-state index contributed by atoms with van der Waals surface area (Å²) < 4.78 is 25.5. The third kappa shape index (κ3) is 10.9. The van der Waals surface area contributed by atoms with E-state index in [4.69, 9.17) is 18.9 Å². The highest BCUT2D eigenvalue weighted by atomic mass is 28.1. The molecule has 7 heteroatoms. The van der Waals surface area contributed by atoms with Crippen molar-refractivity contribution in [2.45, 2.75) is 142 Å².